The maximum atomic E-state index is 12.1. The number of benzene rings is 1. The molecule has 0 saturated carbocycles. The molecule has 4 aromatic rings. The average molecular weight is 390 g/mol. The molecule has 0 spiro atoms. The van der Waals surface area contributed by atoms with Gasteiger partial charge in [-0.25, -0.2) is 19.0 Å². The van der Waals surface area contributed by atoms with Gasteiger partial charge < -0.3 is 4.74 Å². The third-order valence-corrected chi connectivity index (χ3v) is 4.26. The molecule has 1 amide bonds. The highest BCUT2D eigenvalue weighted by atomic mass is 16.6. The summed E-state index contributed by atoms with van der Waals surface area (Å²) in [6.07, 6.45) is 6.68. The van der Waals surface area contributed by atoms with Crippen molar-refractivity contribution in [2.75, 3.05) is 5.32 Å². The van der Waals surface area contributed by atoms with Crippen LogP contribution in [0.3, 0.4) is 0 Å². The lowest BCUT2D eigenvalue weighted by atomic mass is 10.2. The van der Waals surface area contributed by atoms with Gasteiger partial charge in [-0.05, 0) is 57.5 Å². The van der Waals surface area contributed by atoms with Crippen LogP contribution in [-0.4, -0.2) is 36.1 Å². The standard InChI is InChI=1S/C21H22N6O2/c1-14-7-8-16(25-20(28)29-21(2,3)4)10-17(14)26-13-15(11-24-26)18-12-22-19-6-5-9-23-27(18)19/h5-13H,1-4H3,(H,25,28). The number of anilines is 1. The van der Waals surface area contributed by atoms with E-state index in [0.29, 0.717) is 5.69 Å². The topological polar surface area (TPSA) is 86.3 Å². The largest absolute Gasteiger partial charge is 0.444 e. The minimum absolute atomic E-state index is 0.495. The number of carbonyl (C=O) groups is 1. The minimum Gasteiger partial charge on any atom is -0.444 e. The zero-order valence-electron chi connectivity index (χ0n) is 16.7. The van der Waals surface area contributed by atoms with Crippen LogP contribution in [0.1, 0.15) is 26.3 Å². The van der Waals surface area contributed by atoms with Gasteiger partial charge in [-0.2, -0.15) is 10.2 Å². The van der Waals surface area contributed by atoms with E-state index < -0.39 is 11.7 Å². The van der Waals surface area contributed by atoms with E-state index in [2.05, 4.69) is 20.5 Å². The number of hydrogen-bond acceptors (Lipinski definition) is 5. The molecule has 8 heteroatoms. The Labute approximate surface area is 168 Å². The fourth-order valence-electron chi connectivity index (χ4n) is 2.97. The molecule has 0 saturated heterocycles. The molecular weight excluding hydrogens is 368 g/mol. The second kappa shape index (κ2) is 7.05. The first-order valence-electron chi connectivity index (χ1n) is 9.25. The molecule has 148 valence electrons. The van der Waals surface area contributed by atoms with Gasteiger partial charge in [-0.3, -0.25) is 5.32 Å². The number of fused-ring (bicyclic) bond motifs is 1. The van der Waals surface area contributed by atoms with Crippen LogP contribution in [0.25, 0.3) is 22.6 Å². The van der Waals surface area contributed by atoms with Crippen molar-refractivity contribution in [2.45, 2.75) is 33.3 Å². The van der Waals surface area contributed by atoms with E-state index in [1.165, 1.54) is 0 Å². The summed E-state index contributed by atoms with van der Waals surface area (Å²) in [5, 5.41) is 11.6. The van der Waals surface area contributed by atoms with Crippen molar-refractivity contribution >= 4 is 17.4 Å². The molecule has 4 rings (SSSR count). The predicted octanol–water partition coefficient (Wildman–Crippen LogP) is 4.24. The normalized spacial score (nSPS) is 11.6. The molecule has 0 radical (unpaired) electrons. The maximum absolute atomic E-state index is 12.1. The molecule has 3 heterocycles. The smallest absolute Gasteiger partial charge is 0.412 e. The van der Waals surface area contributed by atoms with Crippen LogP contribution < -0.4 is 5.32 Å². The molecule has 0 aliphatic heterocycles. The van der Waals surface area contributed by atoms with Gasteiger partial charge in [0, 0.05) is 23.6 Å². The first-order chi connectivity index (χ1) is 13.8. The van der Waals surface area contributed by atoms with Gasteiger partial charge in [0.15, 0.2) is 5.65 Å². The maximum Gasteiger partial charge on any atom is 0.412 e. The van der Waals surface area contributed by atoms with E-state index in [-0.39, 0.29) is 0 Å². The summed E-state index contributed by atoms with van der Waals surface area (Å²) in [5.74, 6) is 0. The second-order valence-electron chi connectivity index (χ2n) is 7.74. The number of ether oxygens (including phenoxy) is 1. The number of carbonyl (C=O) groups excluding carboxylic acids is 1. The van der Waals surface area contributed by atoms with E-state index >= 15 is 0 Å². The quantitative estimate of drug-likeness (QED) is 0.565. The van der Waals surface area contributed by atoms with Gasteiger partial charge in [0.25, 0.3) is 0 Å². The van der Waals surface area contributed by atoms with Crippen molar-refractivity contribution in [1.82, 2.24) is 24.4 Å². The number of rotatable bonds is 3. The van der Waals surface area contributed by atoms with Gasteiger partial charge in [0.2, 0.25) is 0 Å². The van der Waals surface area contributed by atoms with E-state index in [0.717, 1.165) is 28.2 Å². The van der Waals surface area contributed by atoms with Crippen LogP contribution in [0.4, 0.5) is 10.5 Å². The summed E-state index contributed by atoms with van der Waals surface area (Å²) in [7, 11) is 0. The predicted molar refractivity (Wildman–Crippen MR) is 110 cm³/mol. The highest BCUT2D eigenvalue weighted by Gasteiger charge is 2.17. The molecule has 0 aliphatic carbocycles. The van der Waals surface area contributed by atoms with Gasteiger partial charge in [0.05, 0.1) is 23.8 Å². The Balaban J connectivity index is 1.63. The molecule has 8 nitrogen and oxygen atoms in total. The Bertz CT molecular complexity index is 1190. The van der Waals surface area contributed by atoms with E-state index in [9.17, 15) is 4.79 Å². The van der Waals surface area contributed by atoms with Crippen molar-refractivity contribution < 1.29 is 9.53 Å². The Morgan fingerprint density at radius 3 is 2.76 bits per heavy atom. The third kappa shape index (κ3) is 3.96. The summed E-state index contributed by atoms with van der Waals surface area (Å²) in [6, 6.07) is 9.38. The fraction of sp³-hybridized carbons (Fsp3) is 0.238. The molecule has 1 aromatic carbocycles. The molecule has 0 unspecified atom stereocenters. The minimum atomic E-state index is -0.559. The zero-order chi connectivity index (χ0) is 20.6. The van der Waals surface area contributed by atoms with Gasteiger partial charge in [-0.1, -0.05) is 6.07 Å². The molecule has 0 aliphatic rings. The van der Waals surface area contributed by atoms with E-state index in [1.54, 1.807) is 27.8 Å². The summed E-state index contributed by atoms with van der Waals surface area (Å²) < 4.78 is 8.87. The van der Waals surface area contributed by atoms with Crippen LogP contribution in [-0.2, 0) is 4.74 Å². The summed E-state index contributed by atoms with van der Waals surface area (Å²) >= 11 is 0. The summed E-state index contributed by atoms with van der Waals surface area (Å²) in [6.45, 7) is 7.47. The lowest BCUT2D eigenvalue weighted by molar-refractivity contribution is 0.0636. The number of nitrogens with zero attached hydrogens (tertiary/aromatic N) is 5. The van der Waals surface area contributed by atoms with Gasteiger partial charge >= 0.3 is 6.09 Å². The number of nitrogens with one attached hydrogen (secondary N) is 1. The molecule has 3 aromatic heterocycles. The first-order valence-corrected chi connectivity index (χ1v) is 9.25. The van der Waals surface area contributed by atoms with E-state index in [4.69, 9.17) is 4.74 Å². The van der Waals surface area contributed by atoms with Crippen LogP contribution in [0.2, 0.25) is 0 Å². The number of amides is 1. The number of aromatic nitrogens is 5. The van der Waals surface area contributed by atoms with Crippen molar-refractivity contribution in [3.05, 3.63) is 60.7 Å². The SMILES string of the molecule is Cc1ccc(NC(=O)OC(C)(C)C)cc1-n1cc(-c2cnc3cccnn23)cn1. The Morgan fingerprint density at radius 2 is 1.97 bits per heavy atom. The molecule has 1 N–H and O–H groups in total. The molecule has 0 bridgehead atoms. The molecule has 0 fully saturated rings. The lowest BCUT2D eigenvalue weighted by Gasteiger charge is -2.20. The summed E-state index contributed by atoms with van der Waals surface area (Å²) in [4.78, 5) is 16.4. The zero-order valence-corrected chi connectivity index (χ0v) is 16.7. The van der Waals surface area contributed by atoms with Gasteiger partial charge in [-0.15, -0.1) is 0 Å². The van der Waals surface area contributed by atoms with Crippen molar-refractivity contribution in [3.8, 4) is 16.9 Å². The molecule has 0 atom stereocenters. The average Bonchev–Trinajstić information content (AvgIpc) is 3.28. The van der Waals surface area contributed by atoms with Crippen molar-refractivity contribution in [1.29, 1.82) is 0 Å². The Kier molecular flexibility index (Phi) is 4.54. The molecule has 29 heavy (non-hydrogen) atoms. The highest BCUT2D eigenvalue weighted by Crippen LogP contribution is 2.24. The van der Waals surface area contributed by atoms with Crippen molar-refractivity contribution in [3.63, 3.8) is 0 Å². The highest BCUT2D eigenvalue weighted by molar-refractivity contribution is 5.85. The number of hydrogen-bond donors (Lipinski definition) is 1. The van der Waals surface area contributed by atoms with E-state index in [1.807, 2.05) is 64.2 Å². The summed E-state index contributed by atoms with van der Waals surface area (Å²) in [5.41, 5.74) is 4.46. The van der Waals surface area contributed by atoms with Crippen LogP contribution in [0, 0.1) is 6.92 Å². The number of imidazole rings is 1. The monoisotopic (exact) mass is 390 g/mol. The molecular formula is C21H22N6O2. The van der Waals surface area contributed by atoms with Crippen molar-refractivity contribution in [2.24, 2.45) is 0 Å². The Morgan fingerprint density at radius 1 is 1.14 bits per heavy atom. The van der Waals surface area contributed by atoms with Gasteiger partial charge in [0.1, 0.15) is 5.60 Å². The number of aryl methyl sites for hydroxylation is 1. The third-order valence-electron chi connectivity index (χ3n) is 4.26. The first kappa shape index (κ1) is 18.7. The van der Waals surface area contributed by atoms with Crippen LogP contribution in [0.15, 0.2) is 55.1 Å². The fourth-order valence-corrected chi connectivity index (χ4v) is 2.97. The second-order valence-corrected chi connectivity index (χ2v) is 7.74. The van der Waals surface area contributed by atoms with Crippen LogP contribution in [0.5, 0.6) is 0 Å². The van der Waals surface area contributed by atoms with Crippen LogP contribution >= 0.6 is 0 Å². The lowest BCUT2D eigenvalue weighted by Crippen LogP contribution is -2.27. The Hall–Kier alpha value is -3.68.